The topological polar surface area (TPSA) is 41.1 Å². The van der Waals surface area contributed by atoms with Gasteiger partial charge in [-0.1, -0.05) is 25.7 Å². The Labute approximate surface area is 111 Å². The molecule has 2 fully saturated rings. The first-order valence-electron chi connectivity index (χ1n) is 7.78. The van der Waals surface area contributed by atoms with Crippen LogP contribution in [0.15, 0.2) is 0 Å². The molecule has 2 aliphatic rings. The Kier molecular flexibility index (Phi) is 5.48. The molecule has 2 N–H and O–H groups in total. The zero-order valence-electron chi connectivity index (χ0n) is 11.7. The minimum atomic E-state index is 0.222. The fraction of sp³-hybridized carbons (Fsp3) is 0.933. The van der Waals surface area contributed by atoms with Crippen LogP contribution in [0.2, 0.25) is 0 Å². The quantitative estimate of drug-likeness (QED) is 0.713. The number of carbonyl (C=O) groups excluding carboxylic acids is 1. The second-order valence-corrected chi connectivity index (χ2v) is 6.09. The summed E-state index contributed by atoms with van der Waals surface area (Å²) in [6, 6.07) is 1.06. The minimum Gasteiger partial charge on any atom is -0.353 e. The van der Waals surface area contributed by atoms with Gasteiger partial charge < -0.3 is 10.6 Å². The summed E-state index contributed by atoms with van der Waals surface area (Å²) in [5.74, 6) is 0.924. The molecule has 104 valence electrons. The number of rotatable bonds is 6. The van der Waals surface area contributed by atoms with Crippen molar-refractivity contribution in [3.05, 3.63) is 0 Å². The summed E-state index contributed by atoms with van der Waals surface area (Å²) >= 11 is 0. The zero-order chi connectivity index (χ0) is 12.8. The lowest BCUT2D eigenvalue weighted by Crippen LogP contribution is -2.39. The SMILES string of the molecule is C[C@H](NC(=O)CCNC1CC1)C1CCCCCC1. The Morgan fingerprint density at radius 2 is 1.78 bits per heavy atom. The van der Waals surface area contributed by atoms with E-state index in [9.17, 15) is 4.79 Å². The monoisotopic (exact) mass is 252 g/mol. The first-order valence-corrected chi connectivity index (χ1v) is 7.78. The van der Waals surface area contributed by atoms with E-state index in [1.807, 2.05) is 0 Å². The van der Waals surface area contributed by atoms with Crippen LogP contribution in [-0.2, 0) is 4.79 Å². The van der Waals surface area contributed by atoms with E-state index >= 15 is 0 Å². The Balaban J connectivity index is 1.61. The predicted molar refractivity (Wildman–Crippen MR) is 74.4 cm³/mol. The lowest BCUT2D eigenvalue weighted by molar-refractivity contribution is -0.122. The van der Waals surface area contributed by atoms with Crippen molar-refractivity contribution in [2.24, 2.45) is 5.92 Å². The molecule has 2 rings (SSSR count). The van der Waals surface area contributed by atoms with Gasteiger partial charge in [-0.3, -0.25) is 4.79 Å². The van der Waals surface area contributed by atoms with E-state index < -0.39 is 0 Å². The van der Waals surface area contributed by atoms with Crippen LogP contribution in [-0.4, -0.2) is 24.5 Å². The molecule has 0 bridgehead atoms. The summed E-state index contributed by atoms with van der Waals surface area (Å²) in [6.07, 6.45) is 11.2. The van der Waals surface area contributed by atoms with E-state index in [2.05, 4.69) is 17.6 Å². The second kappa shape index (κ2) is 7.13. The molecule has 0 aromatic heterocycles. The van der Waals surface area contributed by atoms with E-state index in [-0.39, 0.29) is 5.91 Å². The van der Waals surface area contributed by atoms with Gasteiger partial charge in [0.15, 0.2) is 0 Å². The normalized spacial score (nSPS) is 23.4. The van der Waals surface area contributed by atoms with Crippen LogP contribution in [0.5, 0.6) is 0 Å². The second-order valence-electron chi connectivity index (χ2n) is 6.09. The molecule has 0 saturated heterocycles. The molecule has 0 unspecified atom stereocenters. The van der Waals surface area contributed by atoms with Gasteiger partial charge in [-0.15, -0.1) is 0 Å². The Hall–Kier alpha value is -0.570. The van der Waals surface area contributed by atoms with Gasteiger partial charge in [0.1, 0.15) is 0 Å². The molecule has 0 spiro atoms. The fourth-order valence-corrected chi connectivity index (χ4v) is 2.93. The molecule has 0 heterocycles. The van der Waals surface area contributed by atoms with Gasteiger partial charge >= 0.3 is 0 Å². The number of amides is 1. The highest BCUT2D eigenvalue weighted by Gasteiger charge is 2.22. The van der Waals surface area contributed by atoms with E-state index in [0.717, 1.165) is 6.54 Å². The van der Waals surface area contributed by atoms with Gasteiger partial charge in [-0.05, 0) is 38.5 Å². The Morgan fingerprint density at radius 1 is 1.11 bits per heavy atom. The number of nitrogens with one attached hydrogen (secondary N) is 2. The van der Waals surface area contributed by atoms with E-state index in [4.69, 9.17) is 0 Å². The largest absolute Gasteiger partial charge is 0.353 e. The highest BCUT2D eigenvalue weighted by molar-refractivity contribution is 5.76. The van der Waals surface area contributed by atoms with E-state index in [1.54, 1.807) is 0 Å². The summed E-state index contributed by atoms with van der Waals surface area (Å²) in [4.78, 5) is 11.8. The first kappa shape index (κ1) is 13.9. The highest BCUT2D eigenvalue weighted by atomic mass is 16.1. The number of carbonyl (C=O) groups is 1. The summed E-state index contributed by atoms with van der Waals surface area (Å²) in [5, 5.41) is 6.58. The summed E-state index contributed by atoms with van der Waals surface area (Å²) < 4.78 is 0. The van der Waals surface area contributed by atoms with Crippen LogP contribution in [0.3, 0.4) is 0 Å². The molecule has 1 atom stereocenters. The van der Waals surface area contributed by atoms with Crippen molar-refractivity contribution in [1.82, 2.24) is 10.6 Å². The van der Waals surface area contributed by atoms with Gasteiger partial charge in [0.25, 0.3) is 0 Å². The summed E-state index contributed by atoms with van der Waals surface area (Å²) in [6.45, 7) is 3.02. The lowest BCUT2D eigenvalue weighted by Gasteiger charge is -2.23. The maximum absolute atomic E-state index is 11.8. The molecule has 3 heteroatoms. The molecular formula is C15H28N2O. The molecule has 2 saturated carbocycles. The molecule has 18 heavy (non-hydrogen) atoms. The van der Waals surface area contributed by atoms with Crippen molar-refractivity contribution in [2.75, 3.05) is 6.54 Å². The maximum Gasteiger partial charge on any atom is 0.221 e. The zero-order valence-corrected chi connectivity index (χ0v) is 11.7. The van der Waals surface area contributed by atoms with E-state index in [0.29, 0.717) is 24.4 Å². The van der Waals surface area contributed by atoms with Crippen molar-refractivity contribution in [2.45, 2.75) is 76.8 Å². The van der Waals surface area contributed by atoms with Crippen LogP contribution in [0.1, 0.15) is 64.7 Å². The van der Waals surface area contributed by atoms with Gasteiger partial charge in [0.05, 0.1) is 0 Å². The molecule has 0 aromatic rings. The third-order valence-electron chi connectivity index (χ3n) is 4.36. The molecule has 0 aliphatic heterocycles. The van der Waals surface area contributed by atoms with Gasteiger partial charge in [-0.25, -0.2) is 0 Å². The standard InChI is InChI=1S/C15H28N2O/c1-12(13-6-4-2-3-5-7-13)17-15(18)10-11-16-14-8-9-14/h12-14,16H,2-11H2,1H3,(H,17,18)/t12-/m0/s1. The fourth-order valence-electron chi connectivity index (χ4n) is 2.93. The average Bonchev–Trinajstić information content (AvgIpc) is 3.15. The molecule has 2 aliphatic carbocycles. The molecule has 3 nitrogen and oxygen atoms in total. The molecule has 1 amide bonds. The molecular weight excluding hydrogens is 224 g/mol. The van der Waals surface area contributed by atoms with Crippen LogP contribution < -0.4 is 10.6 Å². The van der Waals surface area contributed by atoms with E-state index in [1.165, 1.54) is 51.4 Å². The van der Waals surface area contributed by atoms with Crippen molar-refractivity contribution in [3.63, 3.8) is 0 Å². The average molecular weight is 252 g/mol. The van der Waals surface area contributed by atoms with Crippen molar-refractivity contribution in [3.8, 4) is 0 Å². The van der Waals surface area contributed by atoms with Crippen LogP contribution in [0, 0.1) is 5.92 Å². The smallest absolute Gasteiger partial charge is 0.221 e. The minimum absolute atomic E-state index is 0.222. The van der Waals surface area contributed by atoms with Crippen LogP contribution >= 0.6 is 0 Å². The lowest BCUT2D eigenvalue weighted by atomic mass is 9.93. The number of hydrogen-bond acceptors (Lipinski definition) is 2. The first-order chi connectivity index (χ1) is 8.75. The van der Waals surface area contributed by atoms with Crippen molar-refractivity contribution in [1.29, 1.82) is 0 Å². The third kappa shape index (κ3) is 4.97. The van der Waals surface area contributed by atoms with Crippen molar-refractivity contribution >= 4 is 5.91 Å². The van der Waals surface area contributed by atoms with Gasteiger partial charge in [0.2, 0.25) is 5.91 Å². The van der Waals surface area contributed by atoms with Gasteiger partial charge in [-0.2, -0.15) is 0 Å². The molecule has 0 radical (unpaired) electrons. The third-order valence-corrected chi connectivity index (χ3v) is 4.36. The Bertz CT molecular complexity index is 255. The van der Waals surface area contributed by atoms with Crippen LogP contribution in [0.4, 0.5) is 0 Å². The molecule has 0 aromatic carbocycles. The van der Waals surface area contributed by atoms with Crippen LogP contribution in [0.25, 0.3) is 0 Å². The summed E-state index contributed by atoms with van der Waals surface area (Å²) in [5.41, 5.74) is 0. The highest BCUT2D eigenvalue weighted by Crippen LogP contribution is 2.25. The maximum atomic E-state index is 11.8. The van der Waals surface area contributed by atoms with Gasteiger partial charge in [0, 0.05) is 25.0 Å². The Morgan fingerprint density at radius 3 is 2.39 bits per heavy atom. The van der Waals surface area contributed by atoms with Crippen molar-refractivity contribution < 1.29 is 4.79 Å². The predicted octanol–water partition coefficient (Wildman–Crippen LogP) is 2.60. The summed E-state index contributed by atoms with van der Waals surface area (Å²) in [7, 11) is 0. The number of hydrogen-bond donors (Lipinski definition) is 2.